The normalized spacial score (nSPS) is 14.8. The molecule has 8 nitrogen and oxygen atoms in total. The number of carbonyl (C=O) groups is 1. The Bertz CT molecular complexity index is 1240. The van der Waals surface area contributed by atoms with E-state index in [2.05, 4.69) is 38.2 Å². The molecule has 1 amide bonds. The second kappa shape index (κ2) is 7.86. The van der Waals surface area contributed by atoms with E-state index in [1.165, 1.54) is 6.33 Å². The summed E-state index contributed by atoms with van der Waals surface area (Å²) in [5.74, 6) is 0.373. The highest BCUT2D eigenvalue weighted by molar-refractivity contribution is 5.92. The molecule has 1 saturated heterocycles. The summed E-state index contributed by atoms with van der Waals surface area (Å²) in [6.07, 6.45) is 8.66. The van der Waals surface area contributed by atoms with Crippen molar-refractivity contribution in [2.24, 2.45) is 7.05 Å². The van der Waals surface area contributed by atoms with E-state index < -0.39 is 0 Å². The van der Waals surface area contributed by atoms with Gasteiger partial charge in [-0.15, -0.1) is 0 Å². The fourth-order valence-corrected chi connectivity index (χ4v) is 4.21. The molecule has 4 aromatic heterocycles. The van der Waals surface area contributed by atoms with Gasteiger partial charge in [0.15, 0.2) is 5.65 Å². The van der Waals surface area contributed by atoms with Crippen molar-refractivity contribution in [2.45, 2.75) is 25.7 Å². The molecule has 4 aromatic rings. The third kappa shape index (κ3) is 3.76. The van der Waals surface area contributed by atoms with Crippen molar-refractivity contribution in [3.8, 4) is 11.1 Å². The molecule has 0 atom stereocenters. The molecule has 0 N–H and O–H groups in total. The zero-order valence-electron chi connectivity index (χ0n) is 17.6. The molecule has 5 heterocycles. The maximum Gasteiger partial charge on any atom is 0.272 e. The lowest BCUT2D eigenvalue weighted by atomic mass is 9.92. The van der Waals surface area contributed by atoms with Crippen LogP contribution in [0, 0.1) is 6.92 Å². The highest BCUT2D eigenvalue weighted by Crippen LogP contribution is 2.29. The molecule has 0 aromatic carbocycles. The predicted molar refractivity (Wildman–Crippen MR) is 116 cm³/mol. The highest BCUT2D eigenvalue weighted by Gasteiger charge is 2.27. The number of hydrogen-bond acceptors (Lipinski definition) is 6. The minimum absolute atomic E-state index is 0.0482. The van der Waals surface area contributed by atoms with Crippen LogP contribution in [0.3, 0.4) is 0 Å². The van der Waals surface area contributed by atoms with E-state index in [1.807, 2.05) is 31.1 Å². The average molecular weight is 413 g/mol. The van der Waals surface area contributed by atoms with E-state index in [0.29, 0.717) is 24.7 Å². The molecule has 31 heavy (non-hydrogen) atoms. The highest BCUT2D eigenvalue weighted by atomic mass is 16.2. The van der Waals surface area contributed by atoms with Crippen LogP contribution in [0.5, 0.6) is 0 Å². The Hall–Kier alpha value is -3.68. The van der Waals surface area contributed by atoms with E-state index in [4.69, 9.17) is 4.98 Å². The number of amides is 1. The van der Waals surface area contributed by atoms with Crippen molar-refractivity contribution >= 4 is 16.9 Å². The number of hydrogen-bond donors (Lipinski definition) is 0. The van der Waals surface area contributed by atoms with Crippen molar-refractivity contribution in [1.82, 2.24) is 34.6 Å². The molecule has 5 rings (SSSR count). The Morgan fingerprint density at radius 1 is 1.03 bits per heavy atom. The largest absolute Gasteiger partial charge is 0.337 e. The molecule has 156 valence electrons. The quantitative estimate of drug-likeness (QED) is 0.513. The van der Waals surface area contributed by atoms with Crippen LogP contribution in [0.1, 0.15) is 40.6 Å². The molecular formula is C23H23N7O. The number of aryl methyl sites for hydroxylation is 2. The number of aromatic nitrogens is 6. The first-order valence-corrected chi connectivity index (χ1v) is 10.4. The van der Waals surface area contributed by atoms with Crippen LogP contribution in [0.15, 0.2) is 49.2 Å². The van der Waals surface area contributed by atoms with Gasteiger partial charge in [-0.1, -0.05) is 0 Å². The summed E-state index contributed by atoms with van der Waals surface area (Å²) >= 11 is 0. The van der Waals surface area contributed by atoms with Gasteiger partial charge in [0.1, 0.15) is 12.0 Å². The van der Waals surface area contributed by atoms with Gasteiger partial charge in [0.05, 0.1) is 5.69 Å². The molecule has 0 bridgehead atoms. The average Bonchev–Trinajstić information content (AvgIpc) is 3.16. The summed E-state index contributed by atoms with van der Waals surface area (Å²) in [6, 6.07) is 8.07. The summed E-state index contributed by atoms with van der Waals surface area (Å²) in [5, 5.41) is 5.28. The predicted octanol–water partition coefficient (Wildman–Crippen LogP) is 3.15. The Balaban J connectivity index is 1.30. The van der Waals surface area contributed by atoms with Crippen molar-refractivity contribution in [3.05, 3.63) is 66.3 Å². The number of fused-ring (bicyclic) bond motifs is 1. The SMILES string of the molecule is Cc1cc(C(=O)N2CCC(c3ccc4cc(-c5cncnc5)cnc4n3)CC2)n(C)n1. The number of piperidine rings is 1. The molecule has 0 saturated carbocycles. The second-order valence-electron chi connectivity index (χ2n) is 8.00. The van der Waals surface area contributed by atoms with Crippen molar-refractivity contribution in [2.75, 3.05) is 13.1 Å². The number of nitrogens with zero attached hydrogens (tertiary/aromatic N) is 7. The Labute approximate surface area is 180 Å². The summed E-state index contributed by atoms with van der Waals surface area (Å²) in [5.41, 5.74) is 5.18. The lowest BCUT2D eigenvalue weighted by molar-refractivity contribution is 0.0701. The van der Waals surface area contributed by atoms with Crippen LogP contribution in [0.4, 0.5) is 0 Å². The van der Waals surface area contributed by atoms with Crippen molar-refractivity contribution in [1.29, 1.82) is 0 Å². The van der Waals surface area contributed by atoms with Crippen LogP contribution < -0.4 is 0 Å². The topological polar surface area (TPSA) is 89.7 Å². The smallest absolute Gasteiger partial charge is 0.272 e. The maximum absolute atomic E-state index is 12.8. The zero-order chi connectivity index (χ0) is 21.4. The van der Waals surface area contributed by atoms with Crippen LogP contribution in [-0.2, 0) is 7.05 Å². The number of pyridine rings is 2. The Morgan fingerprint density at radius 3 is 2.52 bits per heavy atom. The molecule has 1 aliphatic heterocycles. The van der Waals surface area contributed by atoms with Crippen LogP contribution in [-0.4, -0.2) is 53.6 Å². The van der Waals surface area contributed by atoms with E-state index in [9.17, 15) is 4.79 Å². The molecule has 0 radical (unpaired) electrons. The lowest BCUT2D eigenvalue weighted by Crippen LogP contribution is -2.38. The van der Waals surface area contributed by atoms with Gasteiger partial charge < -0.3 is 4.90 Å². The molecular weight excluding hydrogens is 390 g/mol. The fourth-order valence-electron chi connectivity index (χ4n) is 4.21. The monoisotopic (exact) mass is 413 g/mol. The zero-order valence-corrected chi connectivity index (χ0v) is 17.6. The van der Waals surface area contributed by atoms with Gasteiger partial charge in [-0.25, -0.2) is 19.9 Å². The second-order valence-corrected chi connectivity index (χ2v) is 8.00. The summed E-state index contributed by atoms with van der Waals surface area (Å²) in [7, 11) is 1.81. The first-order chi connectivity index (χ1) is 15.1. The molecule has 0 unspecified atom stereocenters. The molecule has 0 spiro atoms. The van der Waals surface area contributed by atoms with Gasteiger partial charge >= 0.3 is 0 Å². The van der Waals surface area contributed by atoms with Crippen LogP contribution >= 0.6 is 0 Å². The lowest BCUT2D eigenvalue weighted by Gasteiger charge is -2.31. The van der Waals surface area contributed by atoms with Gasteiger partial charge in [-0.2, -0.15) is 5.10 Å². The number of carbonyl (C=O) groups excluding carboxylic acids is 1. The van der Waals surface area contributed by atoms with Gasteiger partial charge in [0.2, 0.25) is 0 Å². The van der Waals surface area contributed by atoms with Crippen molar-refractivity contribution < 1.29 is 4.79 Å². The van der Waals surface area contributed by atoms with Gasteiger partial charge in [0, 0.05) is 66.9 Å². The third-order valence-electron chi connectivity index (χ3n) is 5.88. The first kappa shape index (κ1) is 19.3. The minimum Gasteiger partial charge on any atom is -0.337 e. The first-order valence-electron chi connectivity index (χ1n) is 10.4. The standard InChI is InChI=1S/C23H23N7O/c1-15-9-21(29(2)28-15)23(31)30-7-5-16(6-8-30)20-4-3-17-10-18(13-26-22(17)27-20)19-11-24-14-25-12-19/h3-4,9-14,16H,5-8H2,1-2H3. The Kier molecular flexibility index (Phi) is 4.89. The fraction of sp³-hybridized carbons (Fsp3) is 0.304. The van der Waals surface area contributed by atoms with Gasteiger partial charge in [-0.3, -0.25) is 9.48 Å². The maximum atomic E-state index is 12.8. The summed E-state index contributed by atoms with van der Waals surface area (Å²) in [4.78, 5) is 32.3. The van der Waals surface area contributed by atoms with E-state index in [0.717, 1.165) is 46.4 Å². The Morgan fingerprint density at radius 2 is 1.81 bits per heavy atom. The molecule has 0 aliphatic carbocycles. The number of rotatable bonds is 3. The third-order valence-corrected chi connectivity index (χ3v) is 5.88. The van der Waals surface area contributed by atoms with E-state index >= 15 is 0 Å². The molecule has 8 heteroatoms. The summed E-state index contributed by atoms with van der Waals surface area (Å²) < 4.78 is 1.66. The van der Waals surface area contributed by atoms with Gasteiger partial charge in [0.25, 0.3) is 5.91 Å². The van der Waals surface area contributed by atoms with E-state index in [1.54, 1.807) is 17.1 Å². The molecule has 1 aliphatic rings. The molecule has 1 fully saturated rings. The minimum atomic E-state index is 0.0482. The van der Waals surface area contributed by atoms with Crippen LogP contribution in [0.2, 0.25) is 0 Å². The van der Waals surface area contributed by atoms with E-state index in [-0.39, 0.29) is 5.91 Å². The summed E-state index contributed by atoms with van der Waals surface area (Å²) in [6.45, 7) is 3.33. The van der Waals surface area contributed by atoms with Gasteiger partial charge in [-0.05, 0) is 44.0 Å². The van der Waals surface area contributed by atoms with Crippen LogP contribution in [0.25, 0.3) is 22.2 Å². The number of likely N-dealkylation sites (tertiary alicyclic amines) is 1. The van der Waals surface area contributed by atoms with Crippen molar-refractivity contribution in [3.63, 3.8) is 0 Å².